The van der Waals surface area contributed by atoms with Gasteiger partial charge in [-0.3, -0.25) is 9.00 Å². The highest BCUT2D eigenvalue weighted by Gasteiger charge is 2.05. The fraction of sp³-hybridized carbons (Fsp3) is 0.364. The first-order valence-electron chi connectivity index (χ1n) is 4.92. The van der Waals surface area contributed by atoms with Crippen LogP contribution in [0.15, 0.2) is 18.2 Å². The standard InChI is InChI=1S/C11H14ClNO3S/c1-16-11(14)6-13-10-5-8(7-17(2)15)3-4-9(10)12/h3-5,13H,6-7H2,1-2H3/t17-/m1/s1. The van der Waals surface area contributed by atoms with Crippen molar-refractivity contribution in [3.8, 4) is 0 Å². The molecule has 0 aliphatic carbocycles. The van der Waals surface area contributed by atoms with Gasteiger partial charge in [-0.15, -0.1) is 0 Å². The molecule has 0 spiro atoms. The third-order valence-corrected chi connectivity index (χ3v) is 3.12. The molecule has 0 heterocycles. The van der Waals surface area contributed by atoms with Crippen LogP contribution in [0, 0.1) is 0 Å². The highest BCUT2D eigenvalue weighted by atomic mass is 35.5. The summed E-state index contributed by atoms with van der Waals surface area (Å²) in [7, 11) is 0.413. The maximum atomic E-state index is 11.1. The monoisotopic (exact) mass is 275 g/mol. The van der Waals surface area contributed by atoms with Crippen LogP contribution in [-0.4, -0.2) is 30.1 Å². The van der Waals surface area contributed by atoms with Crippen molar-refractivity contribution in [2.45, 2.75) is 5.75 Å². The summed E-state index contributed by atoms with van der Waals surface area (Å²) in [4.78, 5) is 11.0. The Hall–Kier alpha value is -1.07. The predicted molar refractivity (Wildman–Crippen MR) is 69.7 cm³/mol. The van der Waals surface area contributed by atoms with E-state index in [9.17, 15) is 9.00 Å². The lowest BCUT2D eigenvalue weighted by Crippen LogP contribution is -2.15. The summed E-state index contributed by atoms with van der Waals surface area (Å²) in [5, 5.41) is 3.39. The summed E-state index contributed by atoms with van der Waals surface area (Å²) in [5.41, 5.74) is 1.54. The van der Waals surface area contributed by atoms with Crippen molar-refractivity contribution in [2.75, 3.05) is 25.2 Å². The molecule has 0 amide bonds. The quantitative estimate of drug-likeness (QED) is 0.833. The third kappa shape index (κ3) is 4.75. The molecule has 0 bridgehead atoms. The highest BCUT2D eigenvalue weighted by Crippen LogP contribution is 2.23. The summed E-state index contributed by atoms with van der Waals surface area (Å²) in [6, 6.07) is 5.31. The summed E-state index contributed by atoms with van der Waals surface area (Å²) in [5.74, 6) is 0.0925. The van der Waals surface area contributed by atoms with Gasteiger partial charge in [-0.05, 0) is 17.7 Å². The number of ether oxygens (including phenoxy) is 1. The molecule has 94 valence electrons. The van der Waals surface area contributed by atoms with E-state index < -0.39 is 10.8 Å². The molecule has 0 aliphatic rings. The molecule has 1 aromatic rings. The number of benzene rings is 1. The maximum Gasteiger partial charge on any atom is 0.325 e. The lowest BCUT2D eigenvalue weighted by molar-refractivity contribution is -0.138. The van der Waals surface area contributed by atoms with E-state index in [2.05, 4.69) is 10.1 Å². The number of carbonyl (C=O) groups is 1. The molecule has 17 heavy (non-hydrogen) atoms. The van der Waals surface area contributed by atoms with E-state index in [0.29, 0.717) is 16.5 Å². The zero-order chi connectivity index (χ0) is 12.8. The molecule has 0 aromatic heterocycles. The molecule has 0 unspecified atom stereocenters. The van der Waals surface area contributed by atoms with Gasteiger partial charge in [0.1, 0.15) is 6.54 Å². The van der Waals surface area contributed by atoms with E-state index >= 15 is 0 Å². The summed E-state index contributed by atoms with van der Waals surface area (Å²) in [6.07, 6.45) is 1.64. The number of esters is 1. The van der Waals surface area contributed by atoms with Gasteiger partial charge < -0.3 is 10.1 Å². The number of anilines is 1. The van der Waals surface area contributed by atoms with Crippen LogP contribution >= 0.6 is 11.6 Å². The second-order valence-corrected chi connectivity index (χ2v) is 5.30. The lowest BCUT2D eigenvalue weighted by Gasteiger charge is -2.09. The van der Waals surface area contributed by atoms with Crippen molar-refractivity contribution in [3.63, 3.8) is 0 Å². The van der Waals surface area contributed by atoms with E-state index in [0.717, 1.165) is 5.56 Å². The first kappa shape index (κ1) is 14.0. The summed E-state index contributed by atoms with van der Waals surface area (Å²) >= 11 is 5.97. The molecule has 1 rings (SSSR count). The fourth-order valence-electron chi connectivity index (χ4n) is 1.27. The number of rotatable bonds is 5. The van der Waals surface area contributed by atoms with Crippen LogP contribution in [0.25, 0.3) is 0 Å². The lowest BCUT2D eigenvalue weighted by atomic mass is 10.2. The Kier molecular flexibility index (Phi) is 5.44. The molecule has 0 saturated heterocycles. The van der Waals surface area contributed by atoms with Crippen molar-refractivity contribution in [1.82, 2.24) is 0 Å². The molecular weight excluding hydrogens is 262 g/mol. The Morgan fingerprint density at radius 1 is 1.53 bits per heavy atom. The summed E-state index contributed by atoms with van der Waals surface area (Å²) in [6.45, 7) is 0.0505. The van der Waals surface area contributed by atoms with Gasteiger partial charge in [0.25, 0.3) is 0 Å². The minimum absolute atomic E-state index is 0.0505. The number of hydrogen-bond donors (Lipinski definition) is 1. The van der Waals surface area contributed by atoms with Gasteiger partial charge in [0.2, 0.25) is 0 Å². The van der Waals surface area contributed by atoms with E-state index in [1.165, 1.54) is 7.11 Å². The zero-order valence-corrected chi connectivity index (χ0v) is 11.2. The van der Waals surface area contributed by atoms with Crippen LogP contribution < -0.4 is 5.32 Å². The van der Waals surface area contributed by atoms with E-state index in [1.54, 1.807) is 18.4 Å². The van der Waals surface area contributed by atoms with Gasteiger partial charge in [-0.1, -0.05) is 17.7 Å². The second-order valence-electron chi connectivity index (χ2n) is 3.46. The minimum Gasteiger partial charge on any atom is -0.468 e. The zero-order valence-electron chi connectivity index (χ0n) is 9.66. The molecule has 0 radical (unpaired) electrons. The third-order valence-electron chi connectivity index (χ3n) is 2.05. The summed E-state index contributed by atoms with van der Waals surface area (Å²) < 4.78 is 15.6. The molecule has 4 nitrogen and oxygen atoms in total. The molecule has 1 N–H and O–H groups in total. The minimum atomic E-state index is -0.908. The molecule has 0 fully saturated rings. The Labute approximate surface area is 108 Å². The molecular formula is C11H14ClNO3S. The van der Waals surface area contributed by atoms with Gasteiger partial charge >= 0.3 is 5.97 Å². The van der Waals surface area contributed by atoms with Gasteiger partial charge in [-0.25, -0.2) is 0 Å². The van der Waals surface area contributed by atoms with Crippen molar-refractivity contribution in [3.05, 3.63) is 28.8 Å². The van der Waals surface area contributed by atoms with Crippen LogP contribution in [0.3, 0.4) is 0 Å². The van der Waals surface area contributed by atoms with Gasteiger partial charge in [0.05, 0.1) is 17.8 Å². The Bertz CT molecular complexity index is 437. The predicted octanol–water partition coefficient (Wildman–Crippen LogP) is 1.80. The first-order valence-corrected chi connectivity index (χ1v) is 7.02. The van der Waals surface area contributed by atoms with Crippen LogP contribution in [-0.2, 0) is 26.1 Å². The SMILES string of the molecule is COC(=O)CNc1cc(C[S@@](C)=O)ccc1Cl. The van der Waals surface area contributed by atoms with E-state index in [4.69, 9.17) is 11.6 Å². The van der Waals surface area contributed by atoms with Crippen LogP contribution in [0.5, 0.6) is 0 Å². The van der Waals surface area contributed by atoms with Crippen molar-refractivity contribution in [1.29, 1.82) is 0 Å². The Morgan fingerprint density at radius 3 is 2.82 bits per heavy atom. The number of hydrogen-bond acceptors (Lipinski definition) is 4. The van der Waals surface area contributed by atoms with E-state index in [-0.39, 0.29) is 12.5 Å². The van der Waals surface area contributed by atoms with Crippen molar-refractivity contribution < 1.29 is 13.7 Å². The normalized spacial score (nSPS) is 11.9. The topological polar surface area (TPSA) is 55.4 Å². The molecule has 1 atom stereocenters. The molecule has 6 heteroatoms. The van der Waals surface area contributed by atoms with Gasteiger partial charge in [0, 0.05) is 22.8 Å². The molecule has 1 aromatic carbocycles. The van der Waals surface area contributed by atoms with Crippen molar-refractivity contribution in [2.24, 2.45) is 0 Å². The second kappa shape index (κ2) is 6.61. The van der Waals surface area contributed by atoms with Crippen LogP contribution in [0.4, 0.5) is 5.69 Å². The molecule has 0 aliphatic heterocycles. The number of nitrogens with one attached hydrogen (secondary N) is 1. The maximum absolute atomic E-state index is 11.1. The Balaban J connectivity index is 2.76. The number of halogens is 1. The fourth-order valence-corrected chi connectivity index (χ4v) is 2.11. The average Bonchev–Trinajstić information content (AvgIpc) is 2.28. The number of methoxy groups -OCH3 is 1. The Morgan fingerprint density at radius 2 is 2.24 bits per heavy atom. The highest BCUT2D eigenvalue weighted by molar-refractivity contribution is 7.83. The smallest absolute Gasteiger partial charge is 0.325 e. The van der Waals surface area contributed by atoms with Crippen LogP contribution in [0.2, 0.25) is 5.02 Å². The van der Waals surface area contributed by atoms with Crippen molar-refractivity contribution >= 4 is 34.1 Å². The first-order chi connectivity index (χ1) is 8.02. The average molecular weight is 276 g/mol. The molecule has 0 saturated carbocycles. The van der Waals surface area contributed by atoms with Crippen LogP contribution in [0.1, 0.15) is 5.56 Å². The van der Waals surface area contributed by atoms with E-state index in [1.807, 2.05) is 6.07 Å². The largest absolute Gasteiger partial charge is 0.468 e. The number of carbonyl (C=O) groups excluding carboxylic acids is 1. The van der Waals surface area contributed by atoms with Gasteiger partial charge in [-0.2, -0.15) is 0 Å². The van der Waals surface area contributed by atoms with Gasteiger partial charge in [0.15, 0.2) is 0 Å².